The summed E-state index contributed by atoms with van der Waals surface area (Å²) in [6, 6.07) is 19.0. The Morgan fingerprint density at radius 1 is 0.971 bits per heavy atom. The fourth-order valence-electron chi connectivity index (χ4n) is 3.72. The molecule has 0 aliphatic rings. The Bertz CT molecular complexity index is 1430. The number of aliphatic hydroxyl groups excluding tert-OH is 1. The average molecular weight is 453 g/mol. The summed E-state index contributed by atoms with van der Waals surface area (Å²) in [7, 11) is 0. The van der Waals surface area contributed by atoms with E-state index >= 15 is 0 Å². The number of fused-ring (bicyclic) bond motifs is 1. The van der Waals surface area contributed by atoms with Gasteiger partial charge in [-0.2, -0.15) is 0 Å². The molecule has 34 heavy (non-hydrogen) atoms. The van der Waals surface area contributed by atoms with E-state index in [0.717, 1.165) is 34.4 Å². The number of ether oxygens (including phenoxy) is 1. The van der Waals surface area contributed by atoms with Crippen LogP contribution in [0.25, 0.3) is 39.5 Å². The van der Waals surface area contributed by atoms with Crippen molar-refractivity contribution in [2.75, 3.05) is 12.3 Å². The number of aromatic nitrogens is 5. The van der Waals surface area contributed by atoms with Crippen molar-refractivity contribution < 1.29 is 9.84 Å². The lowest BCUT2D eigenvalue weighted by atomic mass is 10.2. The topological polar surface area (TPSA) is 112 Å². The first-order valence-electron chi connectivity index (χ1n) is 11.1. The van der Waals surface area contributed by atoms with Gasteiger partial charge in [0, 0.05) is 29.7 Å². The molecule has 0 aliphatic carbocycles. The third kappa shape index (κ3) is 4.06. The fourth-order valence-corrected chi connectivity index (χ4v) is 3.72. The monoisotopic (exact) mass is 452 g/mol. The molecule has 4 aromatic heterocycles. The second-order valence-electron chi connectivity index (χ2n) is 7.80. The molecule has 8 heteroatoms. The van der Waals surface area contributed by atoms with Crippen molar-refractivity contribution in [1.29, 1.82) is 0 Å². The van der Waals surface area contributed by atoms with Gasteiger partial charge in [0.1, 0.15) is 11.3 Å². The molecule has 0 amide bonds. The van der Waals surface area contributed by atoms with Crippen LogP contribution in [-0.2, 0) is 6.61 Å². The molecule has 8 nitrogen and oxygen atoms in total. The summed E-state index contributed by atoms with van der Waals surface area (Å²) in [6.45, 7) is 2.66. The largest absolute Gasteiger partial charge is 0.478 e. The molecule has 5 rings (SSSR count). The number of imidazole rings is 1. The minimum atomic E-state index is -0.0271. The molecule has 0 fully saturated rings. The molecule has 1 aromatic carbocycles. The SMILES string of the molecule is CCCOc1ccc(-c2ccc3nc(-c4cccnc4N)n(-c4ccc(CO)cc4)c3n2)cn1. The minimum absolute atomic E-state index is 0.0271. The smallest absolute Gasteiger partial charge is 0.213 e. The summed E-state index contributed by atoms with van der Waals surface area (Å²) in [6.07, 6.45) is 4.34. The average Bonchev–Trinajstić information content (AvgIpc) is 3.26. The highest BCUT2D eigenvalue weighted by Gasteiger charge is 2.18. The van der Waals surface area contributed by atoms with E-state index < -0.39 is 0 Å². The van der Waals surface area contributed by atoms with Gasteiger partial charge in [-0.05, 0) is 54.4 Å². The molecule has 0 radical (unpaired) electrons. The van der Waals surface area contributed by atoms with E-state index in [4.69, 9.17) is 20.4 Å². The number of nitrogens with two attached hydrogens (primary N) is 1. The van der Waals surface area contributed by atoms with Crippen molar-refractivity contribution in [3.05, 3.63) is 78.6 Å². The number of nitrogen functional groups attached to an aromatic ring is 1. The van der Waals surface area contributed by atoms with Crippen LogP contribution in [0.4, 0.5) is 5.82 Å². The number of nitrogens with zero attached hydrogens (tertiary/aromatic N) is 5. The zero-order valence-corrected chi connectivity index (χ0v) is 18.7. The van der Waals surface area contributed by atoms with Gasteiger partial charge in [0.2, 0.25) is 5.88 Å². The van der Waals surface area contributed by atoms with Crippen LogP contribution in [0.2, 0.25) is 0 Å². The lowest BCUT2D eigenvalue weighted by Crippen LogP contribution is -2.02. The molecule has 0 atom stereocenters. The standard InChI is InChI=1S/C26H24N6O2/c1-2-14-34-23-12-7-18(15-29-23)21-10-11-22-26(30-21)32(19-8-5-17(16-33)6-9-19)25(31-22)20-4-3-13-28-24(20)27/h3-13,15,33H,2,14,16H2,1H3,(H2,27,28). The number of rotatable bonds is 7. The molecule has 0 bridgehead atoms. The van der Waals surface area contributed by atoms with Gasteiger partial charge in [0.15, 0.2) is 11.5 Å². The summed E-state index contributed by atoms with van der Waals surface area (Å²) in [5.41, 5.74) is 11.6. The number of hydrogen-bond donors (Lipinski definition) is 2. The van der Waals surface area contributed by atoms with Gasteiger partial charge in [0.25, 0.3) is 0 Å². The lowest BCUT2D eigenvalue weighted by Gasteiger charge is -2.11. The van der Waals surface area contributed by atoms with E-state index in [1.165, 1.54) is 0 Å². The second kappa shape index (κ2) is 9.29. The van der Waals surface area contributed by atoms with Crippen molar-refractivity contribution in [3.63, 3.8) is 0 Å². The van der Waals surface area contributed by atoms with Gasteiger partial charge in [-0.3, -0.25) is 4.57 Å². The molecule has 0 saturated heterocycles. The van der Waals surface area contributed by atoms with Crippen LogP contribution in [0.15, 0.2) is 73.1 Å². The molecule has 4 heterocycles. The van der Waals surface area contributed by atoms with E-state index in [0.29, 0.717) is 35.3 Å². The van der Waals surface area contributed by atoms with Crippen molar-refractivity contribution in [2.24, 2.45) is 0 Å². The predicted octanol–water partition coefficient (Wildman–Crippen LogP) is 4.41. The maximum atomic E-state index is 9.46. The zero-order valence-electron chi connectivity index (χ0n) is 18.7. The first-order valence-corrected chi connectivity index (χ1v) is 11.1. The maximum absolute atomic E-state index is 9.46. The quantitative estimate of drug-likeness (QED) is 0.376. The van der Waals surface area contributed by atoms with Gasteiger partial charge >= 0.3 is 0 Å². The number of benzene rings is 1. The molecule has 0 unspecified atom stereocenters. The van der Waals surface area contributed by atoms with Crippen LogP contribution in [0, 0.1) is 0 Å². The first kappa shape index (κ1) is 21.5. The third-order valence-corrected chi connectivity index (χ3v) is 5.45. The molecule has 5 aromatic rings. The van der Waals surface area contributed by atoms with Gasteiger partial charge in [-0.25, -0.2) is 19.9 Å². The summed E-state index contributed by atoms with van der Waals surface area (Å²) in [5.74, 6) is 1.62. The second-order valence-corrected chi connectivity index (χ2v) is 7.80. The molecule has 0 aliphatic heterocycles. The van der Waals surface area contributed by atoms with E-state index in [2.05, 4.69) is 16.9 Å². The highest BCUT2D eigenvalue weighted by molar-refractivity contribution is 5.84. The van der Waals surface area contributed by atoms with Crippen LogP contribution < -0.4 is 10.5 Å². The van der Waals surface area contributed by atoms with Gasteiger partial charge < -0.3 is 15.6 Å². The van der Waals surface area contributed by atoms with Crippen molar-refractivity contribution in [1.82, 2.24) is 24.5 Å². The normalized spacial score (nSPS) is 11.1. The highest BCUT2D eigenvalue weighted by atomic mass is 16.5. The fraction of sp³-hybridized carbons (Fsp3) is 0.154. The van der Waals surface area contributed by atoms with E-state index in [1.54, 1.807) is 12.4 Å². The summed E-state index contributed by atoms with van der Waals surface area (Å²) < 4.78 is 7.55. The van der Waals surface area contributed by atoms with Crippen molar-refractivity contribution in [2.45, 2.75) is 20.0 Å². The molecule has 0 saturated carbocycles. The van der Waals surface area contributed by atoms with Crippen LogP contribution in [0.3, 0.4) is 0 Å². The number of anilines is 1. The molecule has 170 valence electrons. The van der Waals surface area contributed by atoms with Crippen molar-refractivity contribution >= 4 is 17.0 Å². The van der Waals surface area contributed by atoms with E-state index in [-0.39, 0.29) is 6.61 Å². The Balaban J connectivity index is 1.66. The third-order valence-electron chi connectivity index (χ3n) is 5.45. The van der Waals surface area contributed by atoms with Crippen LogP contribution in [0.5, 0.6) is 5.88 Å². The van der Waals surface area contributed by atoms with Crippen LogP contribution in [0.1, 0.15) is 18.9 Å². The Kier molecular flexibility index (Phi) is 5.88. The summed E-state index contributed by atoms with van der Waals surface area (Å²) in [4.78, 5) is 18.4. The first-order chi connectivity index (χ1) is 16.7. The van der Waals surface area contributed by atoms with Crippen LogP contribution in [-0.4, -0.2) is 36.2 Å². The summed E-state index contributed by atoms with van der Waals surface area (Å²) >= 11 is 0. The number of pyridine rings is 3. The Labute approximate surface area is 196 Å². The molecule has 3 N–H and O–H groups in total. The highest BCUT2D eigenvalue weighted by Crippen LogP contribution is 2.31. The maximum Gasteiger partial charge on any atom is 0.213 e. The van der Waals surface area contributed by atoms with Gasteiger partial charge in [0.05, 0.1) is 24.5 Å². The Hall–Kier alpha value is -4.30. The molecular formula is C26H24N6O2. The molecule has 0 spiro atoms. The molecular weight excluding hydrogens is 428 g/mol. The number of aliphatic hydroxyl groups is 1. The zero-order chi connectivity index (χ0) is 23.5. The Morgan fingerprint density at radius 2 is 1.82 bits per heavy atom. The lowest BCUT2D eigenvalue weighted by molar-refractivity contribution is 0.282. The van der Waals surface area contributed by atoms with E-state index in [1.807, 2.05) is 65.2 Å². The number of hydrogen-bond acceptors (Lipinski definition) is 7. The predicted molar refractivity (Wildman–Crippen MR) is 131 cm³/mol. The Morgan fingerprint density at radius 3 is 2.53 bits per heavy atom. The summed E-state index contributed by atoms with van der Waals surface area (Å²) in [5, 5.41) is 9.46. The van der Waals surface area contributed by atoms with Gasteiger partial charge in [-0.15, -0.1) is 0 Å². The van der Waals surface area contributed by atoms with Gasteiger partial charge in [-0.1, -0.05) is 19.1 Å². The minimum Gasteiger partial charge on any atom is -0.478 e. The van der Waals surface area contributed by atoms with Crippen molar-refractivity contribution in [3.8, 4) is 34.2 Å². The van der Waals surface area contributed by atoms with Crippen LogP contribution >= 0.6 is 0 Å². The van der Waals surface area contributed by atoms with E-state index in [9.17, 15) is 5.11 Å².